The number of anilines is 1. The molecular weight excluding hydrogens is 402 g/mol. The lowest BCUT2D eigenvalue weighted by atomic mass is 10.2. The molecule has 0 unspecified atom stereocenters. The summed E-state index contributed by atoms with van der Waals surface area (Å²) in [6, 6.07) is 12.1. The molecule has 152 valence electrons. The SMILES string of the molecule is CCN(CC)c1ccc(/N=N/c2ccc(OCCOC)c(S(=O)(=O)Cl)c2)cc1. The van der Waals surface area contributed by atoms with Gasteiger partial charge in [0.05, 0.1) is 18.0 Å². The average Bonchev–Trinajstić information content (AvgIpc) is 2.68. The van der Waals surface area contributed by atoms with E-state index >= 15 is 0 Å². The zero-order valence-electron chi connectivity index (χ0n) is 16.1. The minimum absolute atomic E-state index is 0.148. The summed E-state index contributed by atoms with van der Waals surface area (Å²) < 4.78 is 34.0. The van der Waals surface area contributed by atoms with Crippen LogP contribution in [0.25, 0.3) is 0 Å². The largest absolute Gasteiger partial charge is 0.490 e. The van der Waals surface area contributed by atoms with Gasteiger partial charge < -0.3 is 14.4 Å². The van der Waals surface area contributed by atoms with Crippen LogP contribution in [0.1, 0.15) is 13.8 Å². The van der Waals surface area contributed by atoms with Crippen molar-refractivity contribution in [2.24, 2.45) is 10.2 Å². The highest BCUT2D eigenvalue weighted by atomic mass is 35.7. The minimum Gasteiger partial charge on any atom is -0.490 e. The third-order valence-electron chi connectivity index (χ3n) is 3.99. The van der Waals surface area contributed by atoms with Crippen LogP contribution in [-0.2, 0) is 13.8 Å². The molecule has 0 N–H and O–H groups in total. The molecule has 0 aliphatic rings. The molecule has 0 heterocycles. The van der Waals surface area contributed by atoms with Crippen LogP contribution >= 0.6 is 10.7 Å². The Bertz CT molecular complexity index is 898. The molecular formula is C19H24ClN3O4S. The van der Waals surface area contributed by atoms with E-state index in [9.17, 15) is 8.42 Å². The molecule has 28 heavy (non-hydrogen) atoms. The van der Waals surface area contributed by atoms with Gasteiger partial charge in [-0.15, -0.1) is 0 Å². The van der Waals surface area contributed by atoms with Crippen LogP contribution in [0.5, 0.6) is 5.75 Å². The maximum atomic E-state index is 11.8. The summed E-state index contributed by atoms with van der Waals surface area (Å²) in [5, 5.41) is 8.28. The van der Waals surface area contributed by atoms with Gasteiger partial charge in [0.2, 0.25) is 0 Å². The van der Waals surface area contributed by atoms with E-state index in [1.54, 1.807) is 6.07 Å². The molecule has 0 fully saturated rings. The van der Waals surface area contributed by atoms with E-state index in [1.165, 1.54) is 19.2 Å². The molecule has 0 spiro atoms. The van der Waals surface area contributed by atoms with E-state index in [4.69, 9.17) is 20.2 Å². The number of rotatable bonds is 10. The van der Waals surface area contributed by atoms with Crippen LogP contribution in [0.15, 0.2) is 57.6 Å². The summed E-state index contributed by atoms with van der Waals surface area (Å²) in [7, 11) is 3.05. The normalized spacial score (nSPS) is 11.7. The molecule has 0 aliphatic carbocycles. The molecule has 0 bridgehead atoms. The fourth-order valence-corrected chi connectivity index (χ4v) is 3.53. The number of benzene rings is 2. The van der Waals surface area contributed by atoms with Crippen LogP contribution in [0, 0.1) is 0 Å². The Balaban J connectivity index is 2.21. The second kappa shape index (κ2) is 10.4. The van der Waals surface area contributed by atoms with Gasteiger partial charge in [0.25, 0.3) is 9.05 Å². The minimum atomic E-state index is -4.00. The standard InChI is InChI=1S/C19H24ClN3O4S/c1-4-23(5-2)17-9-6-15(7-10-17)21-22-16-8-11-18(27-13-12-26-3)19(14-16)28(20,24)25/h6-11,14H,4-5,12-13H2,1-3H3/b22-21+. The molecule has 0 radical (unpaired) electrons. The monoisotopic (exact) mass is 425 g/mol. The predicted molar refractivity (Wildman–Crippen MR) is 111 cm³/mol. The van der Waals surface area contributed by atoms with Crippen molar-refractivity contribution >= 4 is 36.8 Å². The second-order valence-corrected chi connectivity index (χ2v) is 8.33. The van der Waals surface area contributed by atoms with Gasteiger partial charge in [-0.25, -0.2) is 8.42 Å². The van der Waals surface area contributed by atoms with Crippen molar-refractivity contribution in [3.05, 3.63) is 42.5 Å². The van der Waals surface area contributed by atoms with Crippen molar-refractivity contribution in [3.63, 3.8) is 0 Å². The lowest BCUT2D eigenvalue weighted by Crippen LogP contribution is -2.21. The average molecular weight is 426 g/mol. The molecule has 2 rings (SSSR count). The van der Waals surface area contributed by atoms with Gasteiger partial charge in [0.1, 0.15) is 17.3 Å². The smallest absolute Gasteiger partial charge is 0.265 e. The molecule has 0 aromatic heterocycles. The van der Waals surface area contributed by atoms with Crippen molar-refractivity contribution < 1.29 is 17.9 Å². The van der Waals surface area contributed by atoms with Crippen molar-refractivity contribution in [1.82, 2.24) is 0 Å². The highest BCUT2D eigenvalue weighted by molar-refractivity contribution is 8.13. The molecule has 2 aromatic carbocycles. The Hall–Kier alpha value is -2.16. The fraction of sp³-hybridized carbons (Fsp3) is 0.368. The molecule has 0 saturated carbocycles. The third-order valence-corrected chi connectivity index (χ3v) is 5.34. The first kappa shape index (κ1) is 22.1. The Morgan fingerprint density at radius 2 is 1.57 bits per heavy atom. The van der Waals surface area contributed by atoms with Crippen molar-refractivity contribution in [1.29, 1.82) is 0 Å². The summed E-state index contributed by atoms with van der Waals surface area (Å²) >= 11 is 0. The van der Waals surface area contributed by atoms with Gasteiger partial charge in [-0.2, -0.15) is 10.2 Å². The van der Waals surface area contributed by atoms with E-state index in [0.717, 1.165) is 18.8 Å². The van der Waals surface area contributed by atoms with Crippen molar-refractivity contribution in [2.45, 2.75) is 18.7 Å². The summed E-state index contributed by atoms with van der Waals surface area (Å²) in [5.74, 6) is 0.148. The topological polar surface area (TPSA) is 80.6 Å². The Morgan fingerprint density at radius 3 is 2.14 bits per heavy atom. The number of methoxy groups -OCH3 is 1. The molecule has 0 amide bonds. The number of hydrogen-bond acceptors (Lipinski definition) is 7. The quantitative estimate of drug-likeness (QED) is 0.307. The number of ether oxygens (including phenoxy) is 2. The number of azo groups is 1. The molecule has 0 aliphatic heterocycles. The first-order valence-electron chi connectivity index (χ1n) is 8.86. The van der Waals surface area contributed by atoms with E-state index in [2.05, 4.69) is 29.0 Å². The van der Waals surface area contributed by atoms with Crippen LogP contribution < -0.4 is 9.64 Å². The maximum Gasteiger partial charge on any atom is 0.265 e. The Kier molecular flexibility index (Phi) is 8.22. The van der Waals surface area contributed by atoms with E-state index < -0.39 is 9.05 Å². The zero-order valence-corrected chi connectivity index (χ0v) is 17.7. The highest BCUT2D eigenvalue weighted by Gasteiger charge is 2.18. The predicted octanol–water partition coefficient (Wildman–Crippen LogP) is 4.90. The summed E-state index contributed by atoms with van der Waals surface area (Å²) in [4.78, 5) is 2.07. The number of nitrogens with zero attached hydrogens (tertiary/aromatic N) is 3. The Morgan fingerprint density at radius 1 is 0.964 bits per heavy atom. The first-order chi connectivity index (χ1) is 13.4. The molecule has 0 saturated heterocycles. The lowest BCUT2D eigenvalue weighted by molar-refractivity contribution is 0.144. The highest BCUT2D eigenvalue weighted by Crippen LogP contribution is 2.32. The number of halogens is 1. The molecule has 2 aromatic rings. The van der Waals surface area contributed by atoms with Gasteiger partial charge in [0, 0.05) is 36.6 Å². The van der Waals surface area contributed by atoms with Gasteiger partial charge in [-0.1, -0.05) is 0 Å². The van der Waals surface area contributed by atoms with Crippen molar-refractivity contribution in [3.8, 4) is 5.75 Å². The first-order valence-corrected chi connectivity index (χ1v) is 11.2. The molecule has 0 atom stereocenters. The number of hydrogen-bond donors (Lipinski definition) is 0. The molecule has 9 heteroatoms. The van der Waals surface area contributed by atoms with Crippen LogP contribution in [0.3, 0.4) is 0 Å². The van der Waals surface area contributed by atoms with Crippen LogP contribution in [-0.4, -0.2) is 41.8 Å². The van der Waals surface area contributed by atoms with Gasteiger partial charge >= 0.3 is 0 Å². The van der Waals surface area contributed by atoms with Crippen molar-refractivity contribution in [2.75, 3.05) is 38.3 Å². The fourth-order valence-electron chi connectivity index (χ4n) is 2.54. The second-order valence-electron chi connectivity index (χ2n) is 5.80. The third kappa shape index (κ3) is 6.19. The van der Waals surface area contributed by atoms with E-state index in [-0.39, 0.29) is 17.3 Å². The summed E-state index contributed by atoms with van der Waals surface area (Å²) in [6.07, 6.45) is 0. The van der Waals surface area contributed by atoms with Crippen LogP contribution in [0.2, 0.25) is 0 Å². The summed E-state index contributed by atoms with van der Waals surface area (Å²) in [5.41, 5.74) is 2.12. The summed E-state index contributed by atoms with van der Waals surface area (Å²) in [6.45, 7) is 6.57. The van der Waals surface area contributed by atoms with E-state index in [0.29, 0.717) is 18.0 Å². The molecule has 7 nitrogen and oxygen atoms in total. The lowest BCUT2D eigenvalue weighted by Gasteiger charge is -2.20. The zero-order chi connectivity index (χ0) is 20.6. The van der Waals surface area contributed by atoms with E-state index in [1.807, 2.05) is 24.3 Å². The Labute approximate surface area is 170 Å². The van der Waals surface area contributed by atoms with Gasteiger partial charge in [-0.05, 0) is 56.3 Å². The van der Waals surface area contributed by atoms with Gasteiger partial charge in [-0.3, -0.25) is 0 Å². The van der Waals surface area contributed by atoms with Gasteiger partial charge in [0.15, 0.2) is 0 Å². The van der Waals surface area contributed by atoms with Crippen LogP contribution in [0.4, 0.5) is 17.1 Å². The maximum absolute atomic E-state index is 11.8.